The van der Waals surface area contributed by atoms with E-state index in [1.54, 1.807) is 0 Å². The number of nitrogens with one attached hydrogen (secondary N) is 2. The molecule has 4 aromatic rings. The third-order valence-corrected chi connectivity index (χ3v) is 6.44. The van der Waals surface area contributed by atoms with Crippen molar-refractivity contribution in [3.63, 3.8) is 0 Å². The average molecular weight is 460 g/mol. The maximum atomic E-state index is 12.6. The highest BCUT2D eigenvalue weighted by Crippen LogP contribution is 2.35. The van der Waals surface area contributed by atoms with E-state index < -0.39 is 12.2 Å². The van der Waals surface area contributed by atoms with Gasteiger partial charge in [-0.3, -0.25) is 10.7 Å². The van der Waals surface area contributed by atoms with Crippen LogP contribution < -0.4 is 15.8 Å². The van der Waals surface area contributed by atoms with Crippen LogP contribution in [0.3, 0.4) is 0 Å². The number of carbonyl (C=O) groups excluding carboxylic acids is 1. The molecule has 0 saturated heterocycles. The normalized spacial score (nSPS) is 11.7. The number of amidine groups is 1. The zero-order valence-corrected chi connectivity index (χ0v) is 19.2. The first-order valence-corrected chi connectivity index (χ1v) is 11.3. The van der Waals surface area contributed by atoms with Crippen LogP contribution in [0.2, 0.25) is 0 Å². The number of fused-ring (bicyclic) bond motifs is 1. The van der Waals surface area contributed by atoms with Gasteiger partial charge < -0.3 is 15.2 Å². The van der Waals surface area contributed by atoms with Gasteiger partial charge in [0.05, 0.1) is 4.88 Å². The van der Waals surface area contributed by atoms with Gasteiger partial charge in [0, 0.05) is 15.8 Å². The van der Waals surface area contributed by atoms with E-state index in [0.29, 0.717) is 10.6 Å². The molecule has 0 bridgehead atoms. The van der Waals surface area contributed by atoms with Crippen LogP contribution >= 0.6 is 11.3 Å². The van der Waals surface area contributed by atoms with Gasteiger partial charge in [0.25, 0.3) is 0 Å². The van der Waals surface area contributed by atoms with Crippen molar-refractivity contribution >= 4 is 39.0 Å². The molecule has 0 fully saturated rings. The molecule has 1 amide bonds. The Kier molecular flexibility index (Phi) is 6.60. The number of thiophene rings is 1. The first-order valence-electron chi connectivity index (χ1n) is 10.5. The number of nitrogen functional groups attached to an aromatic ring is 1. The van der Waals surface area contributed by atoms with Gasteiger partial charge in [0.2, 0.25) is 0 Å². The molecule has 1 atom stereocenters. The van der Waals surface area contributed by atoms with Gasteiger partial charge in [0.15, 0.2) is 6.10 Å². The molecule has 0 spiro atoms. The SMILES string of the molecule is Cc1cccc(C)c1NC(=O)OCC(Oc1cccc2sc(C(=N)N)cc12)c1ccccc1. The molecule has 6 nitrogen and oxygen atoms in total. The zero-order valence-electron chi connectivity index (χ0n) is 18.4. The number of para-hydroxylation sites is 1. The molecule has 4 N–H and O–H groups in total. The van der Waals surface area contributed by atoms with Gasteiger partial charge in [-0.1, -0.05) is 54.6 Å². The number of anilines is 1. The molecule has 168 valence electrons. The Morgan fingerprint density at radius 1 is 1.03 bits per heavy atom. The summed E-state index contributed by atoms with van der Waals surface area (Å²) in [6, 6.07) is 23.0. The summed E-state index contributed by atoms with van der Waals surface area (Å²) in [6.07, 6.45) is -1.05. The number of rotatable bonds is 7. The maximum Gasteiger partial charge on any atom is 0.411 e. The van der Waals surface area contributed by atoms with E-state index in [4.69, 9.17) is 20.6 Å². The smallest absolute Gasteiger partial charge is 0.411 e. The van der Waals surface area contributed by atoms with E-state index in [1.165, 1.54) is 11.3 Å². The summed E-state index contributed by atoms with van der Waals surface area (Å²) >= 11 is 1.44. The number of nitrogens with two attached hydrogens (primary N) is 1. The van der Waals surface area contributed by atoms with Crippen molar-refractivity contribution in [2.24, 2.45) is 5.73 Å². The first-order chi connectivity index (χ1) is 15.9. The van der Waals surface area contributed by atoms with Crippen molar-refractivity contribution in [1.82, 2.24) is 0 Å². The molecule has 0 aliphatic carbocycles. The van der Waals surface area contributed by atoms with Crippen molar-refractivity contribution in [2.75, 3.05) is 11.9 Å². The number of hydrogen-bond acceptors (Lipinski definition) is 5. The van der Waals surface area contributed by atoms with Crippen molar-refractivity contribution in [3.05, 3.63) is 94.4 Å². The molecule has 1 unspecified atom stereocenters. The standard InChI is InChI=1S/C26H25N3O3S/c1-16-8-6-9-17(2)24(16)29-26(30)31-15-21(18-10-4-3-5-11-18)32-20-12-7-13-22-19(20)14-23(33-22)25(27)28/h3-14,21H,15H2,1-2H3,(H3,27,28)(H,29,30). The van der Waals surface area contributed by atoms with Gasteiger partial charge >= 0.3 is 6.09 Å². The summed E-state index contributed by atoms with van der Waals surface area (Å²) in [5, 5.41) is 11.4. The highest BCUT2D eigenvalue weighted by molar-refractivity contribution is 7.20. The summed E-state index contributed by atoms with van der Waals surface area (Å²) in [5.41, 5.74) is 9.24. The molecule has 0 aliphatic rings. The van der Waals surface area contributed by atoms with E-state index in [9.17, 15) is 4.79 Å². The fourth-order valence-electron chi connectivity index (χ4n) is 3.59. The van der Waals surface area contributed by atoms with Crippen molar-refractivity contribution < 1.29 is 14.3 Å². The molecule has 33 heavy (non-hydrogen) atoms. The quantitative estimate of drug-likeness (QED) is 0.227. The third-order valence-electron chi connectivity index (χ3n) is 5.30. The highest BCUT2D eigenvalue weighted by atomic mass is 32.1. The second kappa shape index (κ2) is 9.75. The van der Waals surface area contributed by atoms with E-state index in [-0.39, 0.29) is 12.4 Å². The highest BCUT2D eigenvalue weighted by Gasteiger charge is 2.19. The average Bonchev–Trinajstić information content (AvgIpc) is 3.25. The van der Waals surface area contributed by atoms with E-state index in [2.05, 4.69) is 5.32 Å². The predicted octanol–water partition coefficient (Wildman–Crippen LogP) is 6.17. The fraction of sp³-hybridized carbons (Fsp3) is 0.154. The molecule has 1 aromatic heterocycles. The molecular weight excluding hydrogens is 434 g/mol. The van der Waals surface area contributed by atoms with Crippen LogP contribution in [0.1, 0.15) is 27.7 Å². The van der Waals surface area contributed by atoms with Crippen molar-refractivity contribution in [3.8, 4) is 5.75 Å². The first kappa shape index (κ1) is 22.4. The lowest BCUT2D eigenvalue weighted by molar-refractivity contribution is 0.0910. The van der Waals surface area contributed by atoms with Crippen LogP contribution in [0.25, 0.3) is 10.1 Å². The van der Waals surface area contributed by atoms with E-state index in [0.717, 1.165) is 32.5 Å². The topological polar surface area (TPSA) is 97.4 Å². The minimum absolute atomic E-state index is 0.0215. The molecule has 4 rings (SSSR count). The number of ether oxygens (including phenoxy) is 2. The molecular formula is C26H25N3O3S. The molecule has 0 radical (unpaired) electrons. The third kappa shape index (κ3) is 5.15. The Morgan fingerprint density at radius 3 is 2.42 bits per heavy atom. The summed E-state index contributed by atoms with van der Waals surface area (Å²) < 4.78 is 12.9. The second-order valence-electron chi connectivity index (χ2n) is 7.70. The Labute approximate surface area is 196 Å². The molecule has 0 aliphatic heterocycles. The van der Waals surface area contributed by atoms with E-state index >= 15 is 0 Å². The van der Waals surface area contributed by atoms with Crippen LogP contribution in [-0.4, -0.2) is 18.5 Å². The Hall–Kier alpha value is -3.84. The molecule has 3 aromatic carbocycles. The largest absolute Gasteiger partial charge is 0.481 e. The summed E-state index contributed by atoms with van der Waals surface area (Å²) in [6.45, 7) is 3.91. The minimum Gasteiger partial charge on any atom is -0.481 e. The van der Waals surface area contributed by atoms with E-state index in [1.807, 2.05) is 86.6 Å². The Morgan fingerprint density at radius 2 is 1.73 bits per heavy atom. The van der Waals surface area contributed by atoms with Crippen LogP contribution in [0.15, 0.2) is 72.8 Å². The Balaban J connectivity index is 1.55. The number of hydrogen-bond donors (Lipinski definition) is 3. The maximum absolute atomic E-state index is 12.6. The number of amides is 1. The molecule has 1 heterocycles. The molecule has 0 saturated carbocycles. The van der Waals surface area contributed by atoms with Gasteiger partial charge in [-0.05, 0) is 48.7 Å². The summed E-state index contributed by atoms with van der Waals surface area (Å²) in [4.78, 5) is 13.3. The predicted molar refractivity (Wildman–Crippen MR) is 134 cm³/mol. The fourth-order valence-corrected chi connectivity index (χ4v) is 4.53. The number of aryl methyl sites for hydroxylation is 2. The van der Waals surface area contributed by atoms with Crippen molar-refractivity contribution in [2.45, 2.75) is 20.0 Å². The van der Waals surface area contributed by atoms with Gasteiger partial charge in [-0.2, -0.15) is 0 Å². The summed E-state index contributed by atoms with van der Waals surface area (Å²) in [7, 11) is 0. The van der Waals surface area contributed by atoms with Crippen LogP contribution in [0.5, 0.6) is 5.75 Å². The van der Waals surface area contributed by atoms with Crippen LogP contribution in [0.4, 0.5) is 10.5 Å². The summed E-state index contributed by atoms with van der Waals surface area (Å²) in [5.74, 6) is 0.664. The van der Waals surface area contributed by atoms with Crippen LogP contribution in [-0.2, 0) is 4.74 Å². The van der Waals surface area contributed by atoms with Crippen molar-refractivity contribution in [1.29, 1.82) is 5.41 Å². The monoisotopic (exact) mass is 459 g/mol. The lowest BCUT2D eigenvalue weighted by Gasteiger charge is -2.21. The zero-order chi connectivity index (χ0) is 23.4. The lowest BCUT2D eigenvalue weighted by atomic mass is 10.1. The van der Waals surface area contributed by atoms with Gasteiger partial charge in [-0.25, -0.2) is 4.79 Å². The van der Waals surface area contributed by atoms with Gasteiger partial charge in [0.1, 0.15) is 18.2 Å². The number of benzene rings is 3. The van der Waals surface area contributed by atoms with Crippen LogP contribution in [0, 0.1) is 19.3 Å². The minimum atomic E-state index is -0.537. The lowest BCUT2D eigenvalue weighted by Crippen LogP contribution is -2.21. The number of carbonyl (C=O) groups is 1. The molecule has 7 heteroatoms. The van der Waals surface area contributed by atoms with Gasteiger partial charge in [-0.15, -0.1) is 11.3 Å². The second-order valence-corrected chi connectivity index (χ2v) is 8.78. The Bertz CT molecular complexity index is 1280.